The van der Waals surface area contributed by atoms with Crippen molar-refractivity contribution in [3.05, 3.63) is 65.9 Å². The highest BCUT2D eigenvalue weighted by atomic mass is 16.5. The molecule has 3 aromatic rings. The number of esters is 1. The Hall–Kier alpha value is -3.28. The number of amides is 1. The van der Waals surface area contributed by atoms with Crippen LogP contribution in [-0.2, 0) is 20.7 Å². The summed E-state index contributed by atoms with van der Waals surface area (Å²) < 4.78 is 11.0. The summed E-state index contributed by atoms with van der Waals surface area (Å²) in [6.45, 7) is 2.13. The fraction of sp³-hybridized carbons (Fsp3) is 0.273. The van der Waals surface area contributed by atoms with Crippen LogP contribution in [0.5, 0.6) is 5.75 Å². The van der Waals surface area contributed by atoms with Crippen molar-refractivity contribution in [2.75, 3.05) is 6.61 Å². The molecule has 1 aliphatic heterocycles. The van der Waals surface area contributed by atoms with Crippen LogP contribution in [0.4, 0.5) is 0 Å². The molecule has 0 radical (unpaired) electrons. The molecule has 2 aromatic carbocycles. The first kappa shape index (κ1) is 18.1. The van der Waals surface area contributed by atoms with Crippen molar-refractivity contribution >= 4 is 22.8 Å². The molecule has 1 aromatic heterocycles. The number of fused-ring (bicyclic) bond motifs is 2. The summed E-state index contributed by atoms with van der Waals surface area (Å²) in [4.78, 5) is 28.0. The van der Waals surface area contributed by atoms with Crippen molar-refractivity contribution in [2.24, 2.45) is 0 Å². The molecule has 0 fully saturated rings. The maximum absolute atomic E-state index is 12.5. The highest BCUT2D eigenvalue weighted by Crippen LogP contribution is 2.31. The van der Waals surface area contributed by atoms with Crippen molar-refractivity contribution in [3.8, 4) is 5.75 Å². The van der Waals surface area contributed by atoms with E-state index in [0.29, 0.717) is 13.0 Å². The predicted molar refractivity (Wildman–Crippen MR) is 105 cm³/mol. The van der Waals surface area contributed by atoms with Crippen LogP contribution in [0.15, 0.2) is 54.7 Å². The van der Waals surface area contributed by atoms with Gasteiger partial charge in [0.1, 0.15) is 5.75 Å². The van der Waals surface area contributed by atoms with Gasteiger partial charge >= 0.3 is 5.97 Å². The number of carbonyl (C=O) groups excluding carboxylic acids is 2. The zero-order valence-electron chi connectivity index (χ0n) is 15.6. The van der Waals surface area contributed by atoms with E-state index in [4.69, 9.17) is 9.47 Å². The molecule has 144 valence electrons. The lowest BCUT2D eigenvalue weighted by molar-refractivity contribution is -0.154. The Labute approximate surface area is 162 Å². The number of nitrogens with one attached hydrogen (secondary N) is 2. The molecule has 0 bridgehead atoms. The number of aromatic amines is 1. The zero-order valence-corrected chi connectivity index (χ0v) is 15.6. The van der Waals surface area contributed by atoms with E-state index in [1.807, 2.05) is 48.5 Å². The van der Waals surface area contributed by atoms with Crippen LogP contribution in [0.2, 0.25) is 0 Å². The molecule has 0 unspecified atom stereocenters. The fourth-order valence-electron chi connectivity index (χ4n) is 3.51. The molecule has 4 rings (SSSR count). The number of rotatable bonds is 5. The third-order valence-electron chi connectivity index (χ3n) is 4.96. The second-order valence-electron chi connectivity index (χ2n) is 6.90. The van der Waals surface area contributed by atoms with E-state index in [-0.39, 0.29) is 18.4 Å². The van der Waals surface area contributed by atoms with Gasteiger partial charge in [0, 0.05) is 29.1 Å². The quantitative estimate of drug-likeness (QED) is 0.668. The summed E-state index contributed by atoms with van der Waals surface area (Å²) in [7, 11) is 0. The smallest absolute Gasteiger partial charge is 0.311 e. The van der Waals surface area contributed by atoms with E-state index < -0.39 is 12.1 Å². The molecule has 2 atom stereocenters. The minimum Gasteiger partial charge on any atom is -0.493 e. The minimum absolute atomic E-state index is 0.113. The number of H-pyrrole nitrogens is 1. The van der Waals surface area contributed by atoms with Gasteiger partial charge in [0.2, 0.25) is 0 Å². The molecule has 0 aliphatic carbocycles. The molecule has 6 heteroatoms. The summed E-state index contributed by atoms with van der Waals surface area (Å²) in [5.74, 6) is 0.0387. The van der Waals surface area contributed by atoms with Gasteiger partial charge in [-0.1, -0.05) is 36.4 Å². The molecule has 6 nitrogen and oxygen atoms in total. The number of hydrogen-bond donors (Lipinski definition) is 2. The number of aromatic nitrogens is 1. The number of hydrogen-bond acceptors (Lipinski definition) is 4. The minimum atomic E-state index is -0.868. The molecule has 2 N–H and O–H groups in total. The highest BCUT2D eigenvalue weighted by molar-refractivity contribution is 5.88. The van der Waals surface area contributed by atoms with Crippen LogP contribution >= 0.6 is 0 Å². The third-order valence-corrected chi connectivity index (χ3v) is 4.96. The molecule has 0 spiro atoms. The second kappa shape index (κ2) is 7.76. The number of carbonyl (C=O) groups is 2. The standard InChI is InChI=1S/C22H22N2O4/c1-14(22(26)24-19-10-11-27-20-9-5-3-7-17(19)20)28-21(25)12-15-13-23-18-8-4-2-6-16(15)18/h2-9,13-14,19,23H,10-12H2,1H3,(H,24,26)/t14-,19-/m1/s1. The molecule has 0 saturated carbocycles. The second-order valence-corrected chi connectivity index (χ2v) is 6.90. The molecule has 1 amide bonds. The summed E-state index contributed by atoms with van der Waals surface area (Å²) in [5.41, 5.74) is 2.76. The molecule has 28 heavy (non-hydrogen) atoms. The third kappa shape index (κ3) is 3.71. The average Bonchev–Trinajstić information content (AvgIpc) is 3.11. The van der Waals surface area contributed by atoms with E-state index >= 15 is 0 Å². The highest BCUT2D eigenvalue weighted by Gasteiger charge is 2.26. The van der Waals surface area contributed by atoms with Crippen molar-refractivity contribution in [1.82, 2.24) is 10.3 Å². The van der Waals surface area contributed by atoms with Crippen molar-refractivity contribution in [2.45, 2.75) is 31.9 Å². The topological polar surface area (TPSA) is 80.4 Å². The monoisotopic (exact) mass is 378 g/mol. The fourth-order valence-corrected chi connectivity index (χ4v) is 3.51. The summed E-state index contributed by atoms with van der Waals surface area (Å²) in [6.07, 6.45) is 1.73. The van der Waals surface area contributed by atoms with Gasteiger partial charge in [-0.25, -0.2) is 0 Å². The van der Waals surface area contributed by atoms with Gasteiger partial charge in [-0.3, -0.25) is 9.59 Å². The van der Waals surface area contributed by atoms with Crippen molar-refractivity contribution in [1.29, 1.82) is 0 Å². The zero-order chi connectivity index (χ0) is 19.5. The molecular weight excluding hydrogens is 356 g/mol. The largest absolute Gasteiger partial charge is 0.493 e. The Bertz CT molecular complexity index is 1010. The summed E-state index contributed by atoms with van der Waals surface area (Å²) in [5, 5.41) is 3.95. The van der Waals surface area contributed by atoms with Crippen LogP contribution in [-0.4, -0.2) is 29.6 Å². The van der Waals surface area contributed by atoms with E-state index in [1.54, 1.807) is 13.1 Å². The molecular formula is C22H22N2O4. The molecule has 2 heterocycles. The number of para-hydroxylation sites is 2. The average molecular weight is 378 g/mol. The van der Waals surface area contributed by atoms with Gasteiger partial charge in [-0.2, -0.15) is 0 Å². The van der Waals surface area contributed by atoms with E-state index in [9.17, 15) is 9.59 Å². The Balaban J connectivity index is 1.36. The summed E-state index contributed by atoms with van der Waals surface area (Å²) in [6, 6.07) is 15.3. The van der Waals surface area contributed by atoms with Gasteiger partial charge in [0.05, 0.1) is 19.1 Å². The molecule has 1 aliphatic rings. The van der Waals surface area contributed by atoms with Crippen LogP contribution < -0.4 is 10.1 Å². The maximum Gasteiger partial charge on any atom is 0.311 e. The normalized spacial score (nSPS) is 16.7. The number of benzene rings is 2. The van der Waals surface area contributed by atoms with Gasteiger partial charge in [-0.15, -0.1) is 0 Å². The first-order valence-electron chi connectivity index (χ1n) is 9.38. The summed E-state index contributed by atoms with van der Waals surface area (Å²) >= 11 is 0. The van der Waals surface area contributed by atoms with Crippen LogP contribution in [0.25, 0.3) is 10.9 Å². The Morgan fingerprint density at radius 3 is 2.89 bits per heavy atom. The van der Waals surface area contributed by atoms with Gasteiger partial charge in [0.25, 0.3) is 5.91 Å². The Kier molecular flexibility index (Phi) is 5.02. The first-order valence-corrected chi connectivity index (χ1v) is 9.38. The van der Waals surface area contributed by atoms with Gasteiger partial charge < -0.3 is 19.8 Å². The SMILES string of the molecule is C[C@@H](OC(=O)Cc1c[nH]c2ccccc12)C(=O)N[C@@H]1CCOc2ccccc21. The lowest BCUT2D eigenvalue weighted by Gasteiger charge is -2.27. The molecule has 0 saturated heterocycles. The predicted octanol–water partition coefficient (Wildman–Crippen LogP) is 3.28. The van der Waals surface area contributed by atoms with E-state index in [1.165, 1.54) is 0 Å². The van der Waals surface area contributed by atoms with Crippen molar-refractivity contribution < 1.29 is 19.1 Å². The van der Waals surface area contributed by atoms with Crippen molar-refractivity contribution in [3.63, 3.8) is 0 Å². The Morgan fingerprint density at radius 2 is 2.00 bits per heavy atom. The first-order chi connectivity index (χ1) is 13.6. The number of ether oxygens (including phenoxy) is 2. The van der Waals surface area contributed by atoms with E-state index in [2.05, 4.69) is 10.3 Å². The Morgan fingerprint density at radius 1 is 1.21 bits per heavy atom. The van der Waals surface area contributed by atoms with Crippen LogP contribution in [0, 0.1) is 0 Å². The van der Waals surface area contributed by atoms with E-state index in [0.717, 1.165) is 27.8 Å². The maximum atomic E-state index is 12.5. The van der Waals surface area contributed by atoms with Crippen LogP contribution in [0.3, 0.4) is 0 Å². The lowest BCUT2D eigenvalue weighted by atomic mass is 10.0. The van der Waals surface area contributed by atoms with Gasteiger partial charge in [-0.05, 0) is 24.6 Å². The lowest BCUT2D eigenvalue weighted by Crippen LogP contribution is -2.39. The van der Waals surface area contributed by atoms with Gasteiger partial charge in [0.15, 0.2) is 6.10 Å². The van der Waals surface area contributed by atoms with Crippen LogP contribution in [0.1, 0.15) is 30.5 Å².